The molecule has 3 N–H and O–H groups in total. The first-order valence-corrected chi connectivity index (χ1v) is 10.2. The van der Waals surface area contributed by atoms with E-state index >= 15 is 0 Å². The van der Waals surface area contributed by atoms with Crippen molar-refractivity contribution in [1.82, 2.24) is 15.1 Å². The van der Waals surface area contributed by atoms with Crippen molar-refractivity contribution in [2.75, 3.05) is 6.54 Å². The summed E-state index contributed by atoms with van der Waals surface area (Å²) in [7, 11) is 0. The highest BCUT2D eigenvalue weighted by Crippen LogP contribution is 2.52. The number of nitrogens with zero attached hydrogens (tertiary/aromatic N) is 2. The van der Waals surface area contributed by atoms with Gasteiger partial charge >= 0.3 is 5.97 Å². The SMILES string of the molecule is C[C@@H](O)[C@H]1C(=O)N2C(C(=O)O)=C(S[C@H]3C[C@H]4C(=O)NC(C)(C)N4C3)[C@H](C)[C@H]12. The van der Waals surface area contributed by atoms with Crippen LogP contribution in [0.4, 0.5) is 0 Å². The molecule has 0 radical (unpaired) electrons. The van der Waals surface area contributed by atoms with Crippen LogP contribution in [0.1, 0.15) is 34.1 Å². The van der Waals surface area contributed by atoms with Gasteiger partial charge in [0.15, 0.2) is 0 Å². The number of aliphatic carboxylic acids is 1. The fraction of sp³-hybridized carbons (Fsp3) is 0.722. The van der Waals surface area contributed by atoms with Gasteiger partial charge in [0.1, 0.15) is 5.70 Å². The van der Waals surface area contributed by atoms with Crippen molar-refractivity contribution in [3.63, 3.8) is 0 Å². The first-order valence-electron chi connectivity index (χ1n) is 9.28. The Morgan fingerprint density at radius 3 is 2.59 bits per heavy atom. The number of carboxylic acid groups (broad SMARTS) is 1. The van der Waals surface area contributed by atoms with Gasteiger partial charge in [0.25, 0.3) is 0 Å². The standard InChI is InChI=1S/C18H25N3O5S/c1-7-12-11(8(2)22)16(24)21(12)13(17(25)26)14(7)27-9-5-10-15(23)19-18(3,4)20(10)6-9/h7-12,22H,5-6H2,1-4H3,(H,19,23)(H,25,26)/t7-,8-,9+,10+,11-,12-/m1/s1. The quantitative estimate of drug-likeness (QED) is 0.583. The molecule has 0 aliphatic carbocycles. The van der Waals surface area contributed by atoms with Gasteiger partial charge in [0.05, 0.1) is 29.8 Å². The number of hydrogen-bond acceptors (Lipinski definition) is 6. The summed E-state index contributed by atoms with van der Waals surface area (Å²) in [5.41, 5.74) is -0.353. The Labute approximate surface area is 161 Å². The molecule has 148 valence electrons. The summed E-state index contributed by atoms with van der Waals surface area (Å²) in [4.78, 5) is 40.7. The largest absolute Gasteiger partial charge is 0.477 e. The molecule has 27 heavy (non-hydrogen) atoms. The van der Waals surface area contributed by atoms with Gasteiger partial charge in [-0.15, -0.1) is 11.8 Å². The second-order valence-corrected chi connectivity index (χ2v) is 9.81. The average molecular weight is 395 g/mol. The third-order valence-electron chi connectivity index (χ3n) is 6.32. The third kappa shape index (κ3) is 2.55. The van der Waals surface area contributed by atoms with E-state index < -0.39 is 23.7 Å². The lowest BCUT2D eigenvalue weighted by Crippen LogP contribution is -2.63. The van der Waals surface area contributed by atoms with Gasteiger partial charge in [0.2, 0.25) is 11.8 Å². The van der Waals surface area contributed by atoms with Crippen LogP contribution >= 0.6 is 11.8 Å². The van der Waals surface area contributed by atoms with Crippen molar-refractivity contribution in [2.24, 2.45) is 11.8 Å². The molecule has 4 aliphatic heterocycles. The van der Waals surface area contributed by atoms with Gasteiger partial charge in [0, 0.05) is 22.6 Å². The molecule has 0 spiro atoms. The number of hydrogen-bond donors (Lipinski definition) is 3. The van der Waals surface area contributed by atoms with Crippen LogP contribution in [0.2, 0.25) is 0 Å². The number of thioether (sulfide) groups is 1. The molecular weight excluding hydrogens is 370 g/mol. The number of nitrogens with one attached hydrogen (secondary N) is 1. The van der Waals surface area contributed by atoms with E-state index in [1.807, 2.05) is 20.8 Å². The maximum atomic E-state index is 12.4. The number of β-lactam (4-membered cyclic amide) rings is 1. The lowest BCUT2D eigenvalue weighted by molar-refractivity contribution is -0.163. The Bertz CT molecular complexity index is 764. The lowest BCUT2D eigenvalue weighted by atomic mass is 9.79. The number of rotatable bonds is 4. The Kier molecular flexibility index (Phi) is 4.14. The summed E-state index contributed by atoms with van der Waals surface area (Å²) in [6.07, 6.45) is -0.149. The maximum Gasteiger partial charge on any atom is 0.353 e. The first-order chi connectivity index (χ1) is 12.5. The molecule has 2 amide bonds. The third-order valence-corrected chi connectivity index (χ3v) is 7.81. The van der Waals surface area contributed by atoms with Gasteiger partial charge in [-0.1, -0.05) is 6.92 Å². The number of aliphatic hydroxyl groups excluding tert-OH is 1. The summed E-state index contributed by atoms with van der Waals surface area (Å²) < 4.78 is 0. The number of carbonyl (C=O) groups excluding carboxylic acids is 2. The van der Waals surface area contributed by atoms with Crippen molar-refractivity contribution in [2.45, 2.75) is 63.2 Å². The molecule has 3 fully saturated rings. The molecule has 3 saturated heterocycles. The predicted octanol–water partition coefficient (Wildman–Crippen LogP) is 0.182. The van der Waals surface area contributed by atoms with Crippen molar-refractivity contribution < 1.29 is 24.6 Å². The minimum atomic E-state index is -1.11. The zero-order valence-corrected chi connectivity index (χ0v) is 16.6. The number of carboxylic acids is 1. The van der Waals surface area contributed by atoms with E-state index in [-0.39, 0.29) is 40.8 Å². The minimum Gasteiger partial charge on any atom is -0.477 e. The molecule has 8 nitrogen and oxygen atoms in total. The van der Waals surface area contributed by atoms with Crippen LogP contribution in [-0.4, -0.2) is 73.4 Å². The summed E-state index contributed by atoms with van der Waals surface area (Å²) in [6.45, 7) is 8.11. The van der Waals surface area contributed by atoms with E-state index in [1.54, 1.807) is 6.92 Å². The van der Waals surface area contributed by atoms with Crippen LogP contribution in [0.15, 0.2) is 10.6 Å². The van der Waals surface area contributed by atoms with Crippen molar-refractivity contribution in [1.29, 1.82) is 0 Å². The van der Waals surface area contributed by atoms with E-state index in [1.165, 1.54) is 16.7 Å². The Hall–Kier alpha value is -1.58. The minimum absolute atomic E-state index is 0.0168. The zero-order valence-electron chi connectivity index (χ0n) is 15.8. The first kappa shape index (κ1) is 18.8. The summed E-state index contributed by atoms with van der Waals surface area (Å²) in [6, 6.07) is -0.487. The maximum absolute atomic E-state index is 12.4. The van der Waals surface area contributed by atoms with E-state index in [0.717, 1.165) is 0 Å². The van der Waals surface area contributed by atoms with Gasteiger partial charge in [-0.25, -0.2) is 4.79 Å². The molecule has 4 heterocycles. The smallest absolute Gasteiger partial charge is 0.353 e. The van der Waals surface area contributed by atoms with Crippen LogP contribution in [0.5, 0.6) is 0 Å². The fourth-order valence-electron chi connectivity index (χ4n) is 5.06. The fourth-order valence-corrected chi connectivity index (χ4v) is 6.59. The number of aliphatic hydroxyl groups is 1. The van der Waals surface area contributed by atoms with Crippen LogP contribution in [0.3, 0.4) is 0 Å². The van der Waals surface area contributed by atoms with Crippen LogP contribution in [-0.2, 0) is 14.4 Å². The molecule has 0 aromatic heterocycles. The van der Waals surface area contributed by atoms with Crippen molar-refractivity contribution >= 4 is 29.5 Å². The van der Waals surface area contributed by atoms with Gasteiger partial charge in [-0.2, -0.15) is 0 Å². The Morgan fingerprint density at radius 1 is 1.37 bits per heavy atom. The highest BCUT2D eigenvalue weighted by Gasteiger charge is 2.60. The van der Waals surface area contributed by atoms with E-state index in [2.05, 4.69) is 10.2 Å². The Morgan fingerprint density at radius 2 is 2.04 bits per heavy atom. The van der Waals surface area contributed by atoms with Gasteiger partial charge in [-0.3, -0.25) is 14.5 Å². The molecule has 0 aromatic carbocycles. The molecule has 9 heteroatoms. The van der Waals surface area contributed by atoms with Crippen LogP contribution in [0.25, 0.3) is 0 Å². The van der Waals surface area contributed by atoms with Crippen molar-refractivity contribution in [3.8, 4) is 0 Å². The van der Waals surface area contributed by atoms with Crippen molar-refractivity contribution in [3.05, 3.63) is 10.6 Å². The second kappa shape index (κ2) is 5.96. The number of carbonyl (C=O) groups is 3. The topological polar surface area (TPSA) is 110 Å². The molecule has 0 bridgehead atoms. The molecule has 4 aliphatic rings. The molecule has 0 aromatic rings. The predicted molar refractivity (Wildman–Crippen MR) is 98.3 cm³/mol. The number of fused-ring (bicyclic) bond motifs is 2. The molecular formula is C18H25N3O5S. The zero-order chi connectivity index (χ0) is 19.8. The average Bonchev–Trinajstić information content (AvgIpc) is 3.13. The summed E-state index contributed by atoms with van der Waals surface area (Å²) >= 11 is 1.48. The van der Waals surface area contributed by atoms with Gasteiger partial charge < -0.3 is 20.4 Å². The summed E-state index contributed by atoms with van der Waals surface area (Å²) in [5.74, 6) is -2.11. The number of amides is 2. The van der Waals surface area contributed by atoms with Crippen LogP contribution in [0, 0.1) is 11.8 Å². The van der Waals surface area contributed by atoms with E-state index in [0.29, 0.717) is 17.9 Å². The highest BCUT2D eigenvalue weighted by atomic mass is 32.2. The molecule has 0 unspecified atom stereocenters. The molecule has 6 atom stereocenters. The van der Waals surface area contributed by atoms with Crippen LogP contribution < -0.4 is 5.32 Å². The normalized spacial score (nSPS) is 38.6. The Balaban J connectivity index is 1.58. The van der Waals surface area contributed by atoms with E-state index in [4.69, 9.17) is 0 Å². The highest BCUT2D eigenvalue weighted by molar-refractivity contribution is 8.03. The van der Waals surface area contributed by atoms with Gasteiger partial charge in [-0.05, 0) is 27.2 Å². The molecule has 4 rings (SSSR count). The lowest BCUT2D eigenvalue weighted by Gasteiger charge is -2.46. The molecule has 0 saturated carbocycles. The second-order valence-electron chi connectivity index (χ2n) is 8.46. The summed E-state index contributed by atoms with van der Waals surface area (Å²) in [5, 5.41) is 22.7. The van der Waals surface area contributed by atoms with E-state index in [9.17, 15) is 24.6 Å². The monoisotopic (exact) mass is 395 g/mol.